The van der Waals surface area contributed by atoms with Crippen molar-refractivity contribution in [1.29, 1.82) is 0 Å². The van der Waals surface area contributed by atoms with Crippen LogP contribution in [0.4, 0.5) is 0 Å². The lowest BCUT2D eigenvalue weighted by Gasteiger charge is -2.10. The van der Waals surface area contributed by atoms with Crippen molar-refractivity contribution in [1.82, 2.24) is 5.06 Å². The Morgan fingerprint density at radius 2 is 2.11 bits per heavy atom. The Morgan fingerprint density at radius 1 is 1.56 bits per heavy atom. The molecular formula is C6H15NO2. The van der Waals surface area contributed by atoms with Crippen molar-refractivity contribution in [2.45, 2.75) is 20.0 Å². The number of nitrogens with zero attached hydrogens (tertiary/aromatic N) is 1. The maximum absolute atomic E-state index is 8.62. The molecule has 0 rings (SSSR count). The largest absolute Gasteiger partial charge is 0.377 e. The topological polar surface area (TPSA) is 32.7 Å². The fourth-order valence-electron chi connectivity index (χ4n) is 0.421. The second kappa shape index (κ2) is 4.73. The van der Waals surface area contributed by atoms with Crippen molar-refractivity contribution in [2.75, 3.05) is 20.2 Å². The van der Waals surface area contributed by atoms with Crippen LogP contribution in [0.1, 0.15) is 13.8 Å². The molecule has 0 aromatic carbocycles. The highest BCUT2D eigenvalue weighted by Gasteiger charge is 1.93. The lowest BCUT2D eigenvalue weighted by atomic mass is 10.5. The van der Waals surface area contributed by atoms with Crippen LogP contribution in [0.2, 0.25) is 0 Å². The maximum atomic E-state index is 8.62. The molecule has 0 aliphatic rings. The quantitative estimate of drug-likeness (QED) is 0.574. The molecule has 0 spiro atoms. The zero-order valence-corrected chi connectivity index (χ0v) is 6.29. The van der Waals surface area contributed by atoms with Gasteiger partial charge in [0.1, 0.15) is 0 Å². The number of hydrogen-bond acceptors (Lipinski definition) is 3. The average Bonchev–Trinajstić information content (AvgIpc) is 1.63. The minimum atomic E-state index is 0.255. The van der Waals surface area contributed by atoms with E-state index >= 15 is 0 Å². The zero-order valence-electron chi connectivity index (χ0n) is 6.29. The van der Waals surface area contributed by atoms with Gasteiger partial charge in [-0.15, -0.1) is 0 Å². The van der Waals surface area contributed by atoms with Gasteiger partial charge in [-0.3, -0.25) is 0 Å². The Hall–Kier alpha value is -0.120. The molecule has 0 aromatic rings. The summed E-state index contributed by atoms with van der Waals surface area (Å²) in [4.78, 5) is 0. The van der Waals surface area contributed by atoms with E-state index in [-0.39, 0.29) is 6.10 Å². The molecule has 0 aliphatic carbocycles. The smallest absolute Gasteiger partial charge is 0.0620 e. The van der Waals surface area contributed by atoms with E-state index < -0.39 is 0 Å². The molecule has 9 heavy (non-hydrogen) atoms. The zero-order chi connectivity index (χ0) is 7.28. The van der Waals surface area contributed by atoms with E-state index in [1.807, 2.05) is 13.8 Å². The summed E-state index contributed by atoms with van der Waals surface area (Å²) in [6.45, 7) is 5.09. The molecule has 0 aliphatic heterocycles. The van der Waals surface area contributed by atoms with Crippen LogP contribution in [0.15, 0.2) is 0 Å². The molecule has 3 nitrogen and oxygen atoms in total. The third kappa shape index (κ3) is 7.88. The number of hydroxylamine groups is 2. The minimum absolute atomic E-state index is 0.255. The van der Waals surface area contributed by atoms with E-state index in [2.05, 4.69) is 0 Å². The van der Waals surface area contributed by atoms with Crippen LogP contribution in [-0.4, -0.2) is 36.6 Å². The van der Waals surface area contributed by atoms with Crippen LogP contribution < -0.4 is 0 Å². The normalized spacial score (nSPS) is 11.3. The average molecular weight is 133 g/mol. The van der Waals surface area contributed by atoms with Gasteiger partial charge in [0.05, 0.1) is 12.7 Å². The first-order valence-electron chi connectivity index (χ1n) is 3.14. The highest BCUT2D eigenvalue weighted by atomic mass is 16.5. The molecule has 0 atom stereocenters. The molecule has 0 bridgehead atoms. The van der Waals surface area contributed by atoms with Gasteiger partial charge in [-0.1, -0.05) is 0 Å². The van der Waals surface area contributed by atoms with Crippen molar-refractivity contribution in [3.05, 3.63) is 0 Å². The van der Waals surface area contributed by atoms with E-state index in [1.54, 1.807) is 7.05 Å². The predicted molar refractivity (Wildman–Crippen MR) is 35.5 cm³/mol. The van der Waals surface area contributed by atoms with Gasteiger partial charge in [-0.2, -0.15) is 5.06 Å². The molecule has 0 unspecified atom stereocenters. The van der Waals surface area contributed by atoms with E-state index in [0.29, 0.717) is 13.2 Å². The summed E-state index contributed by atoms with van der Waals surface area (Å²) in [6.07, 6.45) is 0.255. The lowest BCUT2D eigenvalue weighted by Crippen LogP contribution is -2.20. The highest BCUT2D eigenvalue weighted by molar-refractivity contribution is 4.38. The lowest BCUT2D eigenvalue weighted by molar-refractivity contribution is -0.0851. The molecule has 0 saturated carbocycles. The van der Waals surface area contributed by atoms with Gasteiger partial charge >= 0.3 is 0 Å². The van der Waals surface area contributed by atoms with Crippen LogP contribution >= 0.6 is 0 Å². The number of likely N-dealkylation sites (N-methyl/N-ethyl adjacent to an activating group) is 1. The molecule has 1 N–H and O–H groups in total. The van der Waals surface area contributed by atoms with Gasteiger partial charge in [0.25, 0.3) is 0 Å². The molecular weight excluding hydrogens is 118 g/mol. The van der Waals surface area contributed by atoms with Crippen LogP contribution in [0.25, 0.3) is 0 Å². The minimum Gasteiger partial charge on any atom is -0.377 e. The SMILES string of the molecule is CC(C)OCCN(C)O. The first kappa shape index (κ1) is 8.88. The third-order valence-corrected chi connectivity index (χ3v) is 0.866. The monoisotopic (exact) mass is 133 g/mol. The molecule has 0 heterocycles. The van der Waals surface area contributed by atoms with Crippen molar-refractivity contribution < 1.29 is 9.94 Å². The first-order valence-corrected chi connectivity index (χ1v) is 3.14. The fraction of sp³-hybridized carbons (Fsp3) is 1.00. The number of rotatable bonds is 4. The number of hydrogen-bond donors (Lipinski definition) is 1. The van der Waals surface area contributed by atoms with E-state index in [4.69, 9.17) is 9.94 Å². The van der Waals surface area contributed by atoms with Gasteiger partial charge < -0.3 is 9.94 Å². The van der Waals surface area contributed by atoms with Crippen LogP contribution in [0.3, 0.4) is 0 Å². The van der Waals surface area contributed by atoms with Crippen molar-refractivity contribution in [3.63, 3.8) is 0 Å². The summed E-state index contributed by atoms with van der Waals surface area (Å²) in [5, 5.41) is 9.73. The Labute approximate surface area is 56.2 Å². The Kier molecular flexibility index (Phi) is 4.67. The summed E-state index contributed by atoms with van der Waals surface area (Å²) >= 11 is 0. The van der Waals surface area contributed by atoms with Crippen molar-refractivity contribution in [2.24, 2.45) is 0 Å². The fourth-order valence-corrected chi connectivity index (χ4v) is 0.421. The van der Waals surface area contributed by atoms with E-state index in [1.165, 1.54) is 0 Å². The molecule has 0 amide bonds. The summed E-state index contributed by atoms with van der Waals surface area (Å²) in [7, 11) is 1.60. The molecule has 0 saturated heterocycles. The van der Waals surface area contributed by atoms with Crippen molar-refractivity contribution in [3.8, 4) is 0 Å². The van der Waals surface area contributed by atoms with Crippen LogP contribution in [0.5, 0.6) is 0 Å². The summed E-state index contributed by atoms with van der Waals surface area (Å²) in [5.41, 5.74) is 0. The Balaban J connectivity index is 2.91. The Morgan fingerprint density at radius 3 is 2.44 bits per heavy atom. The van der Waals surface area contributed by atoms with Gasteiger partial charge in [0.2, 0.25) is 0 Å². The second-order valence-corrected chi connectivity index (χ2v) is 2.30. The summed E-state index contributed by atoms with van der Waals surface area (Å²) < 4.78 is 5.15. The first-order chi connectivity index (χ1) is 4.13. The molecule has 3 heteroatoms. The molecule has 0 aromatic heterocycles. The summed E-state index contributed by atoms with van der Waals surface area (Å²) in [5.74, 6) is 0. The highest BCUT2D eigenvalue weighted by Crippen LogP contribution is 1.86. The van der Waals surface area contributed by atoms with E-state index in [9.17, 15) is 0 Å². The van der Waals surface area contributed by atoms with Crippen LogP contribution in [0, 0.1) is 0 Å². The molecule has 56 valence electrons. The molecule has 0 fully saturated rings. The number of ether oxygens (including phenoxy) is 1. The van der Waals surface area contributed by atoms with Gasteiger partial charge in [0, 0.05) is 13.6 Å². The maximum Gasteiger partial charge on any atom is 0.0620 e. The Bertz CT molecular complexity index is 56.1. The van der Waals surface area contributed by atoms with Gasteiger partial charge in [0.15, 0.2) is 0 Å². The van der Waals surface area contributed by atoms with Crippen molar-refractivity contribution >= 4 is 0 Å². The van der Waals surface area contributed by atoms with Crippen LogP contribution in [-0.2, 0) is 4.74 Å². The van der Waals surface area contributed by atoms with Gasteiger partial charge in [-0.25, -0.2) is 0 Å². The summed E-state index contributed by atoms with van der Waals surface area (Å²) in [6, 6.07) is 0. The van der Waals surface area contributed by atoms with E-state index in [0.717, 1.165) is 5.06 Å². The van der Waals surface area contributed by atoms with Gasteiger partial charge in [-0.05, 0) is 13.8 Å². The standard InChI is InChI=1S/C6H15NO2/c1-6(2)9-5-4-7(3)8/h6,8H,4-5H2,1-3H3. The third-order valence-electron chi connectivity index (χ3n) is 0.866. The predicted octanol–water partition coefficient (Wildman–Crippen LogP) is 0.732. The molecule has 0 radical (unpaired) electrons. The second-order valence-electron chi connectivity index (χ2n) is 2.30.